The summed E-state index contributed by atoms with van der Waals surface area (Å²) in [4.78, 5) is 24.7. The van der Waals surface area contributed by atoms with E-state index < -0.39 is 19.3 Å². The summed E-state index contributed by atoms with van der Waals surface area (Å²) in [7, 11) is -3.75. The van der Waals surface area contributed by atoms with Crippen LogP contribution in [0.3, 0.4) is 0 Å². The van der Waals surface area contributed by atoms with E-state index in [0.29, 0.717) is 0 Å². The van der Waals surface area contributed by atoms with Crippen LogP contribution in [0.5, 0.6) is 0 Å². The maximum atomic E-state index is 11.5. The number of nitrogens with one attached hydrogen (secondary N) is 1. The largest absolute Gasteiger partial charge is 0.444 e. The quantitative estimate of drug-likeness (QED) is 0.797. The number of aromatic nitrogens is 3. The van der Waals surface area contributed by atoms with E-state index in [9.17, 15) is 14.3 Å². The third kappa shape index (κ3) is 6.14. The van der Waals surface area contributed by atoms with Crippen LogP contribution < -0.4 is 5.32 Å². The molecule has 20 heavy (non-hydrogen) atoms. The fraction of sp³-hybridized carbons (Fsp3) is 0.700. The molecule has 0 saturated carbocycles. The molecule has 0 bridgehead atoms. The van der Waals surface area contributed by atoms with Gasteiger partial charge in [-0.1, -0.05) is 0 Å². The Morgan fingerprint density at radius 2 is 2.20 bits per heavy atom. The summed E-state index contributed by atoms with van der Waals surface area (Å²) >= 11 is 0. The molecular formula is C10H19N4O5P. The van der Waals surface area contributed by atoms with Crippen molar-refractivity contribution in [2.24, 2.45) is 0 Å². The normalized spacial score (nSPS) is 14.7. The Bertz CT molecular complexity index is 510. The first-order valence-corrected chi connectivity index (χ1v) is 7.73. The highest BCUT2D eigenvalue weighted by atomic mass is 31.2. The number of carbonyl (C=O) groups excluding carboxylic acids is 1. The Labute approximate surface area is 116 Å². The lowest BCUT2D eigenvalue weighted by Crippen LogP contribution is -2.27. The lowest BCUT2D eigenvalue weighted by Gasteiger charge is -2.18. The van der Waals surface area contributed by atoms with Gasteiger partial charge < -0.3 is 14.2 Å². The Kier molecular flexibility index (Phi) is 5.27. The molecule has 0 spiro atoms. The van der Waals surface area contributed by atoms with Crippen LogP contribution in [0.25, 0.3) is 0 Å². The van der Waals surface area contributed by atoms with E-state index in [1.54, 1.807) is 27.7 Å². The lowest BCUT2D eigenvalue weighted by molar-refractivity contribution is 0.0634. The average Bonchev–Trinajstić information content (AvgIpc) is 2.60. The van der Waals surface area contributed by atoms with Gasteiger partial charge in [-0.15, -0.1) is 5.10 Å². The molecule has 0 fully saturated rings. The van der Waals surface area contributed by atoms with Gasteiger partial charge in [0.1, 0.15) is 18.2 Å². The lowest BCUT2D eigenvalue weighted by atomic mass is 10.2. The number of rotatable bonds is 5. The zero-order chi connectivity index (χ0) is 15.4. The molecule has 1 heterocycles. The third-order valence-electron chi connectivity index (χ3n) is 1.80. The summed E-state index contributed by atoms with van der Waals surface area (Å²) in [5.74, 6) is -0.0178. The topological polar surface area (TPSA) is 116 Å². The summed E-state index contributed by atoms with van der Waals surface area (Å²) in [6.45, 7) is 6.90. The molecule has 9 nitrogen and oxygen atoms in total. The fourth-order valence-electron chi connectivity index (χ4n) is 1.24. The van der Waals surface area contributed by atoms with Gasteiger partial charge in [0, 0.05) is 0 Å². The number of carbonyl (C=O) groups is 1. The number of hydrogen-bond donors (Lipinski definition) is 2. The van der Waals surface area contributed by atoms with Crippen LogP contribution in [0.2, 0.25) is 0 Å². The van der Waals surface area contributed by atoms with Crippen molar-refractivity contribution in [1.29, 1.82) is 0 Å². The van der Waals surface area contributed by atoms with Gasteiger partial charge in [-0.25, -0.2) is 14.5 Å². The van der Waals surface area contributed by atoms with Crippen molar-refractivity contribution in [3.8, 4) is 0 Å². The standard InChI is InChI=1S/C10H19N4O5P/c1-5-18-20(16,17)7-14-6-11-8(13-14)12-9(15)19-10(2,3)4/h6H,5,7H2,1-4H3,(H,16,17)(H,12,13,15). The highest BCUT2D eigenvalue weighted by molar-refractivity contribution is 7.51. The van der Waals surface area contributed by atoms with Crippen LogP contribution in [-0.2, 0) is 20.1 Å². The first kappa shape index (κ1) is 16.6. The van der Waals surface area contributed by atoms with E-state index in [0.717, 1.165) is 4.68 Å². The summed E-state index contributed by atoms with van der Waals surface area (Å²) in [6.07, 6.45) is 0.172. The van der Waals surface area contributed by atoms with Gasteiger partial charge in [0.05, 0.1) is 6.61 Å². The Hall–Kier alpha value is -1.44. The monoisotopic (exact) mass is 306 g/mol. The van der Waals surface area contributed by atoms with Gasteiger partial charge in [-0.3, -0.25) is 9.88 Å². The van der Waals surface area contributed by atoms with Crippen LogP contribution in [-0.4, -0.2) is 38.0 Å². The third-order valence-corrected chi connectivity index (χ3v) is 3.11. The predicted molar refractivity (Wildman–Crippen MR) is 71.3 cm³/mol. The van der Waals surface area contributed by atoms with Crippen molar-refractivity contribution in [2.45, 2.75) is 39.6 Å². The molecule has 10 heteroatoms. The second kappa shape index (κ2) is 6.34. The van der Waals surface area contributed by atoms with Gasteiger partial charge in [-0.2, -0.15) is 0 Å². The van der Waals surface area contributed by atoms with Gasteiger partial charge in [-0.05, 0) is 27.7 Å². The summed E-state index contributed by atoms with van der Waals surface area (Å²) in [6, 6.07) is 0. The van der Waals surface area contributed by atoms with E-state index in [-0.39, 0.29) is 18.8 Å². The van der Waals surface area contributed by atoms with E-state index in [4.69, 9.17) is 9.26 Å². The SMILES string of the molecule is CCOP(=O)(O)Cn1cnc(NC(=O)OC(C)(C)C)n1. The number of anilines is 1. The van der Waals surface area contributed by atoms with E-state index in [1.165, 1.54) is 6.33 Å². The Morgan fingerprint density at radius 1 is 1.55 bits per heavy atom. The first-order chi connectivity index (χ1) is 9.11. The van der Waals surface area contributed by atoms with Gasteiger partial charge in [0.2, 0.25) is 0 Å². The molecule has 1 aromatic heterocycles. The maximum Gasteiger partial charge on any atom is 0.414 e. The van der Waals surface area contributed by atoms with E-state index in [2.05, 4.69) is 15.4 Å². The van der Waals surface area contributed by atoms with E-state index in [1.807, 2.05) is 0 Å². The van der Waals surface area contributed by atoms with Crippen molar-refractivity contribution in [3.05, 3.63) is 6.33 Å². The Balaban J connectivity index is 2.60. The maximum absolute atomic E-state index is 11.5. The molecule has 1 amide bonds. The second-order valence-corrected chi connectivity index (χ2v) is 6.75. The van der Waals surface area contributed by atoms with Crippen molar-refractivity contribution >= 4 is 19.6 Å². The summed E-state index contributed by atoms with van der Waals surface area (Å²) < 4.78 is 22.4. The van der Waals surface area contributed by atoms with Crippen LogP contribution in [0, 0.1) is 0 Å². The minimum absolute atomic E-state index is 0.0178. The van der Waals surface area contributed by atoms with Crippen LogP contribution in [0.15, 0.2) is 6.33 Å². The zero-order valence-corrected chi connectivity index (χ0v) is 12.8. The number of nitrogens with zero attached hydrogens (tertiary/aromatic N) is 3. The summed E-state index contributed by atoms with van der Waals surface area (Å²) in [5.41, 5.74) is -0.636. The molecule has 114 valence electrons. The molecule has 0 saturated heterocycles. The van der Waals surface area contributed by atoms with Gasteiger partial charge in [0.25, 0.3) is 5.95 Å². The minimum Gasteiger partial charge on any atom is -0.444 e. The number of ether oxygens (including phenoxy) is 1. The average molecular weight is 306 g/mol. The second-order valence-electron chi connectivity index (χ2n) is 4.93. The molecule has 0 aliphatic heterocycles. The molecular weight excluding hydrogens is 287 g/mol. The molecule has 1 unspecified atom stereocenters. The smallest absolute Gasteiger partial charge is 0.414 e. The highest BCUT2D eigenvalue weighted by Crippen LogP contribution is 2.43. The summed E-state index contributed by atoms with van der Waals surface area (Å²) in [5, 5.41) is 6.15. The van der Waals surface area contributed by atoms with Crippen LogP contribution in [0.4, 0.5) is 10.7 Å². The molecule has 1 atom stereocenters. The van der Waals surface area contributed by atoms with Gasteiger partial charge in [0.15, 0.2) is 0 Å². The zero-order valence-electron chi connectivity index (χ0n) is 11.9. The Morgan fingerprint density at radius 3 is 2.75 bits per heavy atom. The number of amides is 1. The molecule has 2 N–H and O–H groups in total. The fourth-order valence-corrected chi connectivity index (χ4v) is 2.23. The molecule has 0 radical (unpaired) electrons. The van der Waals surface area contributed by atoms with Crippen molar-refractivity contribution in [3.63, 3.8) is 0 Å². The van der Waals surface area contributed by atoms with Crippen LogP contribution >= 0.6 is 7.60 Å². The van der Waals surface area contributed by atoms with Crippen molar-refractivity contribution < 1.29 is 23.5 Å². The molecule has 1 aromatic rings. The van der Waals surface area contributed by atoms with Crippen molar-refractivity contribution in [1.82, 2.24) is 14.8 Å². The molecule has 0 aliphatic carbocycles. The van der Waals surface area contributed by atoms with Gasteiger partial charge >= 0.3 is 13.7 Å². The molecule has 0 aliphatic rings. The van der Waals surface area contributed by atoms with Crippen LogP contribution in [0.1, 0.15) is 27.7 Å². The van der Waals surface area contributed by atoms with Crippen molar-refractivity contribution in [2.75, 3.05) is 11.9 Å². The highest BCUT2D eigenvalue weighted by Gasteiger charge is 2.21. The minimum atomic E-state index is -3.75. The number of hydrogen-bond acceptors (Lipinski definition) is 6. The van der Waals surface area contributed by atoms with E-state index >= 15 is 0 Å². The molecule has 1 rings (SSSR count). The first-order valence-electron chi connectivity index (χ1n) is 5.97. The predicted octanol–water partition coefficient (Wildman–Crippen LogP) is 1.80. The molecule has 0 aromatic carbocycles.